The molecule has 2 aliphatic rings. The van der Waals surface area contributed by atoms with Crippen LogP contribution in [0.2, 0.25) is 0 Å². The van der Waals surface area contributed by atoms with E-state index in [2.05, 4.69) is 6.92 Å². The van der Waals surface area contributed by atoms with Crippen LogP contribution in [0.25, 0.3) is 0 Å². The second-order valence-corrected chi connectivity index (χ2v) is 7.20. The van der Waals surface area contributed by atoms with E-state index in [1.165, 1.54) is 18.6 Å². The Kier molecular flexibility index (Phi) is 5.00. The quantitative estimate of drug-likeness (QED) is 0.852. The molecule has 0 N–H and O–H groups in total. The van der Waals surface area contributed by atoms with Gasteiger partial charge in [0.05, 0.1) is 12.7 Å². The molecule has 0 unspecified atom stereocenters. The van der Waals surface area contributed by atoms with Crippen molar-refractivity contribution in [2.24, 2.45) is 5.41 Å². The molecule has 23 heavy (non-hydrogen) atoms. The Hall–Kier alpha value is -1.42. The number of hydrogen-bond acceptors (Lipinski definition) is 2. The van der Waals surface area contributed by atoms with Gasteiger partial charge in [-0.15, -0.1) is 0 Å². The fraction of sp³-hybridized carbons (Fsp3) is 0.632. The van der Waals surface area contributed by atoms with Crippen LogP contribution >= 0.6 is 0 Å². The van der Waals surface area contributed by atoms with E-state index in [4.69, 9.17) is 4.74 Å². The number of carbonyl (C=O) groups excluding carboxylic acids is 1. The van der Waals surface area contributed by atoms with Crippen LogP contribution in [-0.2, 0) is 16.0 Å². The SMILES string of the molecule is CC1(C(=O)N2CCO[C@H](Cc3ccc(F)cc3)C2)CCCCC1. The second kappa shape index (κ2) is 7.00. The van der Waals surface area contributed by atoms with Crippen molar-refractivity contribution >= 4 is 5.91 Å². The van der Waals surface area contributed by atoms with E-state index in [1.807, 2.05) is 4.90 Å². The van der Waals surface area contributed by atoms with Crippen molar-refractivity contribution in [1.82, 2.24) is 4.90 Å². The van der Waals surface area contributed by atoms with Gasteiger partial charge in [-0.05, 0) is 30.5 Å². The molecule has 1 aliphatic heterocycles. The van der Waals surface area contributed by atoms with Crippen LogP contribution in [0.3, 0.4) is 0 Å². The third kappa shape index (κ3) is 3.92. The number of hydrogen-bond donors (Lipinski definition) is 0. The first kappa shape index (κ1) is 16.4. The molecule has 0 spiro atoms. The van der Waals surface area contributed by atoms with Gasteiger partial charge in [-0.3, -0.25) is 4.79 Å². The molecular formula is C19H26FNO2. The lowest BCUT2D eigenvalue weighted by Crippen LogP contribution is -2.51. The molecule has 3 nitrogen and oxygen atoms in total. The molecule has 3 rings (SSSR count). The second-order valence-electron chi connectivity index (χ2n) is 7.20. The van der Waals surface area contributed by atoms with E-state index in [0.717, 1.165) is 37.7 Å². The standard InChI is InChI=1S/C19H26FNO2/c1-19(9-3-2-4-10-19)18(22)21-11-12-23-17(14-21)13-15-5-7-16(20)8-6-15/h5-8,17H,2-4,9-14H2,1H3/t17-/m1/s1. The van der Waals surface area contributed by atoms with E-state index in [-0.39, 0.29) is 17.3 Å². The van der Waals surface area contributed by atoms with Gasteiger partial charge in [0.25, 0.3) is 0 Å². The molecule has 1 heterocycles. The summed E-state index contributed by atoms with van der Waals surface area (Å²) < 4.78 is 18.8. The fourth-order valence-corrected chi connectivity index (χ4v) is 3.84. The topological polar surface area (TPSA) is 29.5 Å². The molecule has 1 saturated heterocycles. The summed E-state index contributed by atoms with van der Waals surface area (Å²) in [5.74, 6) is 0.0740. The number of carbonyl (C=O) groups is 1. The fourth-order valence-electron chi connectivity index (χ4n) is 3.84. The molecule has 0 bridgehead atoms. The van der Waals surface area contributed by atoms with E-state index in [0.29, 0.717) is 25.6 Å². The van der Waals surface area contributed by atoms with Gasteiger partial charge >= 0.3 is 0 Å². The number of rotatable bonds is 3. The van der Waals surface area contributed by atoms with Crippen LogP contribution in [0, 0.1) is 11.2 Å². The Bertz CT molecular complexity index is 537. The zero-order chi connectivity index (χ0) is 16.3. The van der Waals surface area contributed by atoms with Crippen LogP contribution in [0.5, 0.6) is 0 Å². The van der Waals surface area contributed by atoms with Crippen LogP contribution < -0.4 is 0 Å². The lowest BCUT2D eigenvalue weighted by Gasteiger charge is -2.40. The lowest BCUT2D eigenvalue weighted by atomic mass is 9.74. The number of amides is 1. The summed E-state index contributed by atoms with van der Waals surface area (Å²) in [5, 5.41) is 0. The monoisotopic (exact) mass is 319 g/mol. The minimum absolute atomic E-state index is 0.00496. The third-order valence-corrected chi connectivity index (χ3v) is 5.28. The summed E-state index contributed by atoms with van der Waals surface area (Å²) >= 11 is 0. The molecule has 0 aromatic heterocycles. The van der Waals surface area contributed by atoms with E-state index < -0.39 is 0 Å². The number of nitrogens with zero attached hydrogens (tertiary/aromatic N) is 1. The first-order chi connectivity index (χ1) is 11.1. The molecule has 1 atom stereocenters. The molecular weight excluding hydrogens is 293 g/mol. The third-order valence-electron chi connectivity index (χ3n) is 5.28. The van der Waals surface area contributed by atoms with Crippen LogP contribution in [0.1, 0.15) is 44.6 Å². The van der Waals surface area contributed by atoms with Crippen molar-refractivity contribution in [1.29, 1.82) is 0 Å². The van der Waals surface area contributed by atoms with Gasteiger partial charge < -0.3 is 9.64 Å². The molecule has 1 aromatic carbocycles. The summed E-state index contributed by atoms with van der Waals surface area (Å²) in [6, 6.07) is 6.54. The van der Waals surface area contributed by atoms with Crippen molar-refractivity contribution in [3.63, 3.8) is 0 Å². The van der Waals surface area contributed by atoms with E-state index in [9.17, 15) is 9.18 Å². The highest BCUT2D eigenvalue weighted by Crippen LogP contribution is 2.37. The molecule has 1 aromatic rings. The Morgan fingerprint density at radius 1 is 1.26 bits per heavy atom. The molecule has 1 saturated carbocycles. The summed E-state index contributed by atoms with van der Waals surface area (Å²) in [4.78, 5) is 14.9. The highest BCUT2D eigenvalue weighted by molar-refractivity contribution is 5.82. The van der Waals surface area contributed by atoms with Gasteiger partial charge in [-0.1, -0.05) is 38.3 Å². The molecule has 126 valence electrons. The molecule has 4 heteroatoms. The number of benzene rings is 1. The predicted molar refractivity (Wildman–Crippen MR) is 87.6 cm³/mol. The van der Waals surface area contributed by atoms with Gasteiger partial charge in [0.1, 0.15) is 5.82 Å². The van der Waals surface area contributed by atoms with E-state index >= 15 is 0 Å². The van der Waals surface area contributed by atoms with Crippen LogP contribution in [-0.4, -0.2) is 36.6 Å². The van der Waals surface area contributed by atoms with E-state index in [1.54, 1.807) is 12.1 Å². The maximum absolute atomic E-state index is 13.0. The summed E-state index contributed by atoms with van der Waals surface area (Å²) in [6.45, 7) is 4.05. The summed E-state index contributed by atoms with van der Waals surface area (Å²) in [7, 11) is 0. The van der Waals surface area contributed by atoms with Crippen LogP contribution in [0.4, 0.5) is 4.39 Å². The van der Waals surface area contributed by atoms with Crippen molar-refractivity contribution in [2.75, 3.05) is 19.7 Å². The molecule has 0 radical (unpaired) electrons. The first-order valence-corrected chi connectivity index (χ1v) is 8.72. The van der Waals surface area contributed by atoms with Gasteiger partial charge in [-0.25, -0.2) is 4.39 Å². The van der Waals surface area contributed by atoms with Gasteiger partial charge in [0.15, 0.2) is 0 Å². The smallest absolute Gasteiger partial charge is 0.228 e. The Balaban J connectivity index is 1.61. The largest absolute Gasteiger partial charge is 0.374 e. The van der Waals surface area contributed by atoms with Crippen LogP contribution in [0.15, 0.2) is 24.3 Å². The highest BCUT2D eigenvalue weighted by Gasteiger charge is 2.39. The Morgan fingerprint density at radius 3 is 2.65 bits per heavy atom. The minimum Gasteiger partial charge on any atom is -0.374 e. The predicted octanol–water partition coefficient (Wildman–Crippen LogP) is 3.57. The van der Waals surface area contributed by atoms with Crippen molar-refractivity contribution in [3.8, 4) is 0 Å². The zero-order valence-corrected chi connectivity index (χ0v) is 13.9. The van der Waals surface area contributed by atoms with Crippen molar-refractivity contribution in [3.05, 3.63) is 35.6 Å². The Labute approximate surface area is 137 Å². The van der Waals surface area contributed by atoms with Crippen molar-refractivity contribution < 1.29 is 13.9 Å². The molecule has 1 amide bonds. The summed E-state index contributed by atoms with van der Waals surface area (Å²) in [5.41, 5.74) is 0.866. The molecule has 1 aliphatic carbocycles. The molecule has 2 fully saturated rings. The summed E-state index contributed by atoms with van der Waals surface area (Å²) in [6.07, 6.45) is 6.31. The minimum atomic E-state index is -0.222. The maximum Gasteiger partial charge on any atom is 0.228 e. The van der Waals surface area contributed by atoms with Gasteiger partial charge in [-0.2, -0.15) is 0 Å². The lowest BCUT2D eigenvalue weighted by molar-refractivity contribution is -0.150. The number of ether oxygens (including phenoxy) is 1. The zero-order valence-electron chi connectivity index (χ0n) is 13.9. The maximum atomic E-state index is 13.0. The first-order valence-electron chi connectivity index (χ1n) is 8.72. The average molecular weight is 319 g/mol. The number of morpholine rings is 1. The van der Waals surface area contributed by atoms with Gasteiger partial charge in [0, 0.05) is 24.9 Å². The normalized spacial score (nSPS) is 24.4. The van der Waals surface area contributed by atoms with Crippen molar-refractivity contribution in [2.45, 2.75) is 51.6 Å². The number of halogens is 1. The Morgan fingerprint density at radius 2 is 1.96 bits per heavy atom. The average Bonchev–Trinajstić information content (AvgIpc) is 2.57. The van der Waals surface area contributed by atoms with Gasteiger partial charge in [0.2, 0.25) is 5.91 Å². The highest BCUT2D eigenvalue weighted by atomic mass is 19.1.